The van der Waals surface area contributed by atoms with Gasteiger partial charge in [0.1, 0.15) is 0 Å². The van der Waals surface area contributed by atoms with Crippen LogP contribution in [-0.2, 0) is 13.1 Å². The molecule has 2 nitrogen and oxygen atoms in total. The summed E-state index contributed by atoms with van der Waals surface area (Å²) in [6, 6.07) is 18.8. The number of rotatable bonds is 4. The fourth-order valence-electron chi connectivity index (χ4n) is 1.87. The van der Waals surface area contributed by atoms with Crippen molar-refractivity contribution in [3.8, 4) is 0 Å². The average Bonchev–Trinajstić information content (AvgIpc) is 2.40. The summed E-state index contributed by atoms with van der Waals surface area (Å²) in [5, 5.41) is 0. The zero-order valence-corrected chi connectivity index (χ0v) is 10.1. The van der Waals surface area contributed by atoms with Gasteiger partial charge in [-0.15, -0.1) is 0 Å². The van der Waals surface area contributed by atoms with Crippen molar-refractivity contribution in [1.29, 1.82) is 0 Å². The van der Waals surface area contributed by atoms with Gasteiger partial charge in [0.2, 0.25) is 0 Å². The molecule has 2 N–H and O–H groups in total. The smallest absolute Gasteiger partial charge is 0.0426 e. The third-order valence-electron chi connectivity index (χ3n) is 2.85. The Kier molecular flexibility index (Phi) is 3.78. The number of anilines is 1. The second kappa shape index (κ2) is 5.51. The first kappa shape index (κ1) is 11.7. The van der Waals surface area contributed by atoms with Gasteiger partial charge in [0, 0.05) is 25.8 Å². The van der Waals surface area contributed by atoms with Crippen molar-refractivity contribution in [2.75, 3.05) is 11.9 Å². The third kappa shape index (κ3) is 3.08. The van der Waals surface area contributed by atoms with E-state index in [1.165, 1.54) is 16.8 Å². The molecule has 0 atom stereocenters. The summed E-state index contributed by atoms with van der Waals surface area (Å²) in [6.07, 6.45) is 0. The molecule has 0 bridgehead atoms. The molecule has 0 fully saturated rings. The highest BCUT2D eigenvalue weighted by Crippen LogP contribution is 2.16. The van der Waals surface area contributed by atoms with Crippen LogP contribution < -0.4 is 10.6 Å². The van der Waals surface area contributed by atoms with E-state index in [9.17, 15) is 0 Å². The number of benzene rings is 2. The van der Waals surface area contributed by atoms with Gasteiger partial charge in [-0.1, -0.05) is 42.5 Å². The first-order valence-electron chi connectivity index (χ1n) is 5.83. The van der Waals surface area contributed by atoms with E-state index < -0.39 is 0 Å². The molecule has 0 spiro atoms. The predicted molar refractivity (Wildman–Crippen MR) is 72.9 cm³/mol. The standard InChI is InChI=1S/C15H18N2/c1-17(12-13-6-3-2-4-7-13)15-9-5-8-14(10-15)11-16/h2-10H,11-12,16H2,1H3. The van der Waals surface area contributed by atoms with Crippen LogP contribution in [0.3, 0.4) is 0 Å². The lowest BCUT2D eigenvalue weighted by Crippen LogP contribution is -2.16. The van der Waals surface area contributed by atoms with Gasteiger partial charge < -0.3 is 10.6 Å². The van der Waals surface area contributed by atoms with E-state index in [1.54, 1.807) is 0 Å². The van der Waals surface area contributed by atoms with Gasteiger partial charge in [-0.25, -0.2) is 0 Å². The molecule has 0 saturated carbocycles. The van der Waals surface area contributed by atoms with E-state index in [0.717, 1.165) is 6.54 Å². The number of hydrogen-bond acceptors (Lipinski definition) is 2. The Morgan fingerprint density at radius 2 is 1.65 bits per heavy atom. The fraction of sp³-hybridized carbons (Fsp3) is 0.200. The van der Waals surface area contributed by atoms with Crippen molar-refractivity contribution >= 4 is 5.69 Å². The Morgan fingerprint density at radius 1 is 0.941 bits per heavy atom. The lowest BCUT2D eigenvalue weighted by atomic mass is 10.1. The Labute approximate surface area is 103 Å². The quantitative estimate of drug-likeness (QED) is 0.868. The summed E-state index contributed by atoms with van der Waals surface area (Å²) >= 11 is 0. The molecule has 2 aromatic carbocycles. The first-order chi connectivity index (χ1) is 8.29. The summed E-state index contributed by atoms with van der Waals surface area (Å²) in [6.45, 7) is 1.50. The first-order valence-corrected chi connectivity index (χ1v) is 5.83. The topological polar surface area (TPSA) is 29.3 Å². The minimum Gasteiger partial charge on any atom is -0.370 e. The van der Waals surface area contributed by atoms with Crippen LogP contribution >= 0.6 is 0 Å². The number of nitrogens with zero attached hydrogens (tertiary/aromatic N) is 1. The van der Waals surface area contributed by atoms with Crippen LogP contribution in [0.25, 0.3) is 0 Å². The Balaban J connectivity index is 2.11. The molecule has 2 heteroatoms. The van der Waals surface area contributed by atoms with Crippen LogP contribution in [0.5, 0.6) is 0 Å². The summed E-state index contributed by atoms with van der Waals surface area (Å²) < 4.78 is 0. The molecule has 2 rings (SSSR count). The predicted octanol–water partition coefficient (Wildman–Crippen LogP) is 2.78. The summed E-state index contributed by atoms with van der Waals surface area (Å²) in [5.41, 5.74) is 9.34. The molecule has 88 valence electrons. The zero-order valence-electron chi connectivity index (χ0n) is 10.1. The monoisotopic (exact) mass is 226 g/mol. The van der Waals surface area contributed by atoms with Crippen molar-refractivity contribution in [2.24, 2.45) is 5.73 Å². The van der Waals surface area contributed by atoms with Crippen LogP contribution in [0.4, 0.5) is 5.69 Å². The van der Waals surface area contributed by atoms with E-state index in [4.69, 9.17) is 5.73 Å². The Hall–Kier alpha value is -1.80. The molecular weight excluding hydrogens is 208 g/mol. The van der Waals surface area contributed by atoms with E-state index in [2.05, 4.69) is 60.5 Å². The Morgan fingerprint density at radius 3 is 2.35 bits per heavy atom. The highest BCUT2D eigenvalue weighted by molar-refractivity contribution is 5.48. The highest BCUT2D eigenvalue weighted by atomic mass is 15.1. The second-order valence-electron chi connectivity index (χ2n) is 4.22. The Bertz CT molecular complexity index is 465. The number of nitrogens with two attached hydrogens (primary N) is 1. The molecular formula is C15H18N2. The van der Waals surface area contributed by atoms with Crippen molar-refractivity contribution in [2.45, 2.75) is 13.1 Å². The maximum absolute atomic E-state index is 5.65. The minimum absolute atomic E-state index is 0.590. The van der Waals surface area contributed by atoms with Gasteiger partial charge in [0.15, 0.2) is 0 Å². The van der Waals surface area contributed by atoms with Crippen LogP contribution in [0.2, 0.25) is 0 Å². The largest absolute Gasteiger partial charge is 0.370 e. The maximum Gasteiger partial charge on any atom is 0.0426 e. The molecule has 0 aliphatic heterocycles. The van der Waals surface area contributed by atoms with Crippen molar-refractivity contribution in [3.05, 3.63) is 65.7 Å². The fourth-order valence-corrected chi connectivity index (χ4v) is 1.87. The van der Waals surface area contributed by atoms with Crippen molar-refractivity contribution < 1.29 is 0 Å². The summed E-state index contributed by atoms with van der Waals surface area (Å²) in [4.78, 5) is 2.23. The molecule has 0 radical (unpaired) electrons. The van der Waals surface area contributed by atoms with Crippen LogP contribution in [-0.4, -0.2) is 7.05 Å². The van der Waals surface area contributed by atoms with Crippen LogP contribution in [0, 0.1) is 0 Å². The molecule has 0 aromatic heterocycles. The lowest BCUT2D eigenvalue weighted by Gasteiger charge is -2.20. The van der Waals surface area contributed by atoms with Gasteiger partial charge in [0.25, 0.3) is 0 Å². The maximum atomic E-state index is 5.65. The van der Waals surface area contributed by atoms with Gasteiger partial charge in [0.05, 0.1) is 0 Å². The zero-order chi connectivity index (χ0) is 12.1. The van der Waals surface area contributed by atoms with E-state index in [0.29, 0.717) is 6.54 Å². The van der Waals surface area contributed by atoms with Crippen LogP contribution in [0.1, 0.15) is 11.1 Å². The highest BCUT2D eigenvalue weighted by Gasteiger charge is 2.02. The molecule has 0 saturated heterocycles. The lowest BCUT2D eigenvalue weighted by molar-refractivity contribution is 0.919. The molecule has 0 unspecified atom stereocenters. The van der Waals surface area contributed by atoms with E-state index >= 15 is 0 Å². The second-order valence-corrected chi connectivity index (χ2v) is 4.22. The summed E-state index contributed by atoms with van der Waals surface area (Å²) in [5.74, 6) is 0. The molecule has 17 heavy (non-hydrogen) atoms. The van der Waals surface area contributed by atoms with Crippen LogP contribution in [0.15, 0.2) is 54.6 Å². The molecule has 0 heterocycles. The van der Waals surface area contributed by atoms with E-state index in [1.807, 2.05) is 6.07 Å². The molecule has 2 aromatic rings. The average molecular weight is 226 g/mol. The van der Waals surface area contributed by atoms with Gasteiger partial charge in [-0.05, 0) is 23.3 Å². The number of hydrogen-bond donors (Lipinski definition) is 1. The van der Waals surface area contributed by atoms with Crippen molar-refractivity contribution in [3.63, 3.8) is 0 Å². The van der Waals surface area contributed by atoms with Gasteiger partial charge >= 0.3 is 0 Å². The third-order valence-corrected chi connectivity index (χ3v) is 2.85. The van der Waals surface area contributed by atoms with Gasteiger partial charge in [-0.3, -0.25) is 0 Å². The molecule has 0 amide bonds. The van der Waals surface area contributed by atoms with Gasteiger partial charge in [-0.2, -0.15) is 0 Å². The molecule has 0 aliphatic rings. The van der Waals surface area contributed by atoms with Crippen molar-refractivity contribution in [1.82, 2.24) is 0 Å². The summed E-state index contributed by atoms with van der Waals surface area (Å²) in [7, 11) is 2.10. The SMILES string of the molecule is CN(Cc1ccccc1)c1cccc(CN)c1. The minimum atomic E-state index is 0.590. The molecule has 0 aliphatic carbocycles. The van der Waals surface area contributed by atoms with E-state index in [-0.39, 0.29) is 0 Å². The normalized spacial score (nSPS) is 10.2.